The maximum atomic E-state index is 12.7. The van der Waals surface area contributed by atoms with Crippen molar-refractivity contribution in [3.05, 3.63) is 53.1 Å². The highest BCUT2D eigenvalue weighted by Crippen LogP contribution is 2.28. The van der Waals surface area contributed by atoms with E-state index in [0.29, 0.717) is 22.8 Å². The Hall–Kier alpha value is -2.25. The number of ether oxygens (including phenoxy) is 1. The quantitative estimate of drug-likeness (QED) is 0.837. The number of nitrogens with zero attached hydrogens (tertiary/aromatic N) is 1. The summed E-state index contributed by atoms with van der Waals surface area (Å²) in [5.41, 5.74) is 1.17. The predicted molar refractivity (Wildman–Crippen MR) is 99.3 cm³/mol. The van der Waals surface area contributed by atoms with Crippen molar-refractivity contribution in [1.82, 2.24) is 5.32 Å². The van der Waals surface area contributed by atoms with Crippen LogP contribution in [0.4, 0.5) is 5.69 Å². The maximum absolute atomic E-state index is 12.7. The number of anilines is 1. The van der Waals surface area contributed by atoms with E-state index in [1.165, 1.54) is 25.3 Å². The van der Waals surface area contributed by atoms with E-state index < -0.39 is 10.0 Å². The van der Waals surface area contributed by atoms with Crippen molar-refractivity contribution < 1.29 is 13.2 Å². The smallest absolute Gasteiger partial charge is 0.261 e. The zero-order valence-electron chi connectivity index (χ0n) is 13.6. The number of nitrogens with one attached hydrogen (secondary N) is 2. The molecule has 0 aliphatic carbocycles. The Morgan fingerprint density at radius 1 is 1.24 bits per heavy atom. The van der Waals surface area contributed by atoms with Gasteiger partial charge in [0.2, 0.25) is 0 Å². The largest absolute Gasteiger partial charge is 0.495 e. The average molecular weight is 380 g/mol. The van der Waals surface area contributed by atoms with Gasteiger partial charge in [-0.1, -0.05) is 23.7 Å². The van der Waals surface area contributed by atoms with Crippen LogP contribution in [-0.4, -0.2) is 34.5 Å². The molecule has 0 fully saturated rings. The summed E-state index contributed by atoms with van der Waals surface area (Å²) in [6.07, 6.45) is 0.960. The molecule has 0 unspecified atom stereocenters. The van der Waals surface area contributed by atoms with Crippen LogP contribution in [0.25, 0.3) is 0 Å². The van der Waals surface area contributed by atoms with Gasteiger partial charge in [0.05, 0.1) is 22.7 Å². The van der Waals surface area contributed by atoms with Gasteiger partial charge in [-0.25, -0.2) is 8.42 Å². The van der Waals surface area contributed by atoms with Crippen molar-refractivity contribution in [2.45, 2.75) is 11.3 Å². The minimum Gasteiger partial charge on any atom is -0.495 e. The van der Waals surface area contributed by atoms with Crippen molar-refractivity contribution in [3.63, 3.8) is 0 Å². The summed E-state index contributed by atoms with van der Waals surface area (Å²) in [6, 6.07) is 11.5. The van der Waals surface area contributed by atoms with E-state index in [1.807, 2.05) is 12.1 Å². The number of halogens is 1. The fourth-order valence-corrected chi connectivity index (χ4v) is 3.94. The van der Waals surface area contributed by atoms with Crippen molar-refractivity contribution >= 4 is 33.1 Å². The lowest BCUT2D eigenvalue weighted by molar-refractivity contribution is 0.414. The van der Waals surface area contributed by atoms with Gasteiger partial charge in [0.15, 0.2) is 0 Å². The molecule has 0 atom stereocenters. The molecule has 0 radical (unpaired) electrons. The van der Waals surface area contributed by atoms with E-state index >= 15 is 0 Å². The van der Waals surface area contributed by atoms with E-state index in [1.54, 1.807) is 12.1 Å². The second-order valence-corrected chi connectivity index (χ2v) is 7.55. The summed E-state index contributed by atoms with van der Waals surface area (Å²) in [5.74, 6) is 1.11. The molecule has 0 saturated heterocycles. The van der Waals surface area contributed by atoms with Crippen molar-refractivity contribution in [1.29, 1.82) is 0 Å². The lowest BCUT2D eigenvalue weighted by Gasteiger charge is -2.18. The third-order valence-electron chi connectivity index (χ3n) is 3.76. The van der Waals surface area contributed by atoms with E-state index in [9.17, 15) is 8.42 Å². The van der Waals surface area contributed by atoms with Crippen LogP contribution < -0.4 is 14.8 Å². The van der Waals surface area contributed by atoms with Gasteiger partial charge in [0.1, 0.15) is 11.6 Å². The number of aliphatic imine (C=N–C) groups is 1. The van der Waals surface area contributed by atoms with E-state index in [0.717, 1.165) is 19.5 Å². The van der Waals surface area contributed by atoms with Crippen LogP contribution in [0.2, 0.25) is 5.02 Å². The molecule has 2 aromatic rings. The molecular formula is C17H18ClN3O3S. The maximum Gasteiger partial charge on any atom is 0.261 e. The number of para-hydroxylation sites is 1. The van der Waals surface area contributed by atoms with Gasteiger partial charge < -0.3 is 10.1 Å². The molecule has 2 aromatic carbocycles. The second kappa shape index (κ2) is 7.33. The van der Waals surface area contributed by atoms with Crippen LogP contribution in [0, 0.1) is 0 Å². The summed E-state index contributed by atoms with van der Waals surface area (Å²) < 4.78 is 33.1. The summed E-state index contributed by atoms with van der Waals surface area (Å²) >= 11 is 6.05. The zero-order valence-corrected chi connectivity index (χ0v) is 15.2. The lowest BCUT2D eigenvalue weighted by Crippen LogP contribution is -2.31. The van der Waals surface area contributed by atoms with Gasteiger partial charge in [0.25, 0.3) is 10.0 Å². The highest BCUT2D eigenvalue weighted by Gasteiger charge is 2.19. The predicted octanol–water partition coefficient (Wildman–Crippen LogP) is 2.89. The van der Waals surface area contributed by atoms with Crippen LogP contribution in [-0.2, 0) is 10.0 Å². The summed E-state index contributed by atoms with van der Waals surface area (Å²) in [4.78, 5) is 4.49. The minimum atomic E-state index is -3.79. The number of benzene rings is 2. The molecule has 0 saturated carbocycles. The first kappa shape index (κ1) is 17.6. The molecule has 0 amide bonds. The molecule has 1 heterocycles. The van der Waals surface area contributed by atoms with Crippen molar-refractivity contribution in [2.75, 3.05) is 24.9 Å². The Bertz CT molecular complexity index is 913. The van der Waals surface area contributed by atoms with E-state index in [-0.39, 0.29) is 9.92 Å². The number of methoxy groups -OCH3 is 1. The summed E-state index contributed by atoms with van der Waals surface area (Å²) in [6.45, 7) is 1.53. The highest BCUT2D eigenvalue weighted by atomic mass is 35.5. The zero-order chi connectivity index (χ0) is 17.9. The molecule has 0 bridgehead atoms. The fraction of sp³-hybridized carbons (Fsp3) is 0.235. The number of hydrogen-bond acceptors (Lipinski definition) is 5. The molecule has 1 aliphatic heterocycles. The Morgan fingerprint density at radius 3 is 2.72 bits per heavy atom. The Kier molecular flexibility index (Phi) is 5.15. The van der Waals surface area contributed by atoms with Crippen molar-refractivity contribution in [3.8, 4) is 5.75 Å². The van der Waals surface area contributed by atoms with Gasteiger partial charge in [-0.2, -0.15) is 0 Å². The molecule has 25 heavy (non-hydrogen) atoms. The summed E-state index contributed by atoms with van der Waals surface area (Å²) in [7, 11) is -2.32. The minimum absolute atomic E-state index is 0.0617. The van der Waals surface area contributed by atoms with Crippen LogP contribution >= 0.6 is 11.6 Å². The van der Waals surface area contributed by atoms with Gasteiger partial charge >= 0.3 is 0 Å². The van der Waals surface area contributed by atoms with Crippen molar-refractivity contribution in [2.24, 2.45) is 4.99 Å². The van der Waals surface area contributed by atoms with Gasteiger partial charge in [-0.15, -0.1) is 0 Å². The average Bonchev–Trinajstić information content (AvgIpc) is 2.62. The summed E-state index contributed by atoms with van der Waals surface area (Å²) in [5, 5.41) is 3.44. The Labute approximate surface area is 151 Å². The normalized spacial score (nSPS) is 14.4. The molecule has 2 N–H and O–H groups in total. The molecular weight excluding hydrogens is 362 g/mol. The number of sulfonamides is 1. The topological polar surface area (TPSA) is 79.8 Å². The Morgan fingerprint density at radius 2 is 2.04 bits per heavy atom. The number of rotatable bonds is 5. The fourth-order valence-electron chi connectivity index (χ4n) is 2.51. The van der Waals surface area contributed by atoms with Crippen LogP contribution in [0.1, 0.15) is 12.0 Å². The molecule has 0 aromatic heterocycles. The first-order chi connectivity index (χ1) is 12.0. The molecule has 8 heteroatoms. The molecule has 3 rings (SSSR count). The van der Waals surface area contributed by atoms with Crippen LogP contribution in [0.3, 0.4) is 0 Å². The van der Waals surface area contributed by atoms with E-state index in [4.69, 9.17) is 16.3 Å². The highest BCUT2D eigenvalue weighted by molar-refractivity contribution is 7.92. The second-order valence-electron chi connectivity index (χ2n) is 5.46. The van der Waals surface area contributed by atoms with E-state index in [2.05, 4.69) is 15.0 Å². The molecule has 6 nitrogen and oxygen atoms in total. The van der Waals surface area contributed by atoms with Crippen LogP contribution in [0.15, 0.2) is 52.4 Å². The lowest BCUT2D eigenvalue weighted by atomic mass is 10.1. The SMILES string of the molecule is COc1ccc(S(=O)(=O)Nc2ccccc2C2=NCCCN2)cc1Cl. The van der Waals surface area contributed by atoms with Crippen LogP contribution in [0.5, 0.6) is 5.75 Å². The number of amidine groups is 1. The monoisotopic (exact) mass is 379 g/mol. The molecule has 1 aliphatic rings. The molecule has 0 spiro atoms. The molecule has 132 valence electrons. The third kappa shape index (κ3) is 3.88. The first-order valence-electron chi connectivity index (χ1n) is 7.75. The Balaban J connectivity index is 1.94. The number of hydrogen-bond donors (Lipinski definition) is 2. The van der Waals surface area contributed by atoms with Gasteiger partial charge in [-0.3, -0.25) is 9.71 Å². The van der Waals surface area contributed by atoms with Gasteiger partial charge in [-0.05, 0) is 36.8 Å². The first-order valence-corrected chi connectivity index (χ1v) is 9.61. The standard InChI is InChI=1S/C17H18ClN3O3S/c1-24-16-8-7-12(11-14(16)18)25(22,23)21-15-6-3-2-5-13(15)17-19-9-4-10-20-17/h2-3,5-8,11,21H,4,9-10H2,1H3,(H,19,20). The van der Waals surface area contributed by atoms with Gasteiger partial charge in [0, 0.05) is 18.7 Å². The third-order valence-corrected chi connectivity index (χ3v) is 5.42.